The Morgan fingerprint density at radius 1 is 1.20 bits per heavy atom. The summed E-state index contributed by atoms with van der Waals surface area (Å²) in [6, 6.07) is 13.4. The molecule has 0 amide bonds. The minimum absolute atomic E-state index is 0.0516. The van der Waals surface area contributed by atoms with Gasteiger partial charge in [-0.1, -0.05) is 67.0 Å². The van der Waals surface area contributed by atoms with Gasteiger partial charge in [0.15, 0.2) is 6.10 Å². The highest BCUT2D eigenvalue weighted by Gasteiger charge is 2.36. The number of nitrogens with zero attached hydrogens (tertiary/aromatic N) is 1. The lowest BCUT2D eigenvalue weighted by molar-refractivity contribution is -0.139. The zero-order valence-electron chi connectivity index (χ0n) is 20.2. The molecule has 7 nitrogen and oxygen atoms in total. The fourth-order valence-electron chi connectivity index (χ4n) is 3.92. The van der Waals surface area contributed by atoms with Crippen molar-refractivity contribution in [1.29, 1.82) is 0 Å². The molecule has 0 radical (unpaired) electrons. The fraction of sp³-hybridized carbons (Fsp3) is 0.407. The van der Waals surface area contributed by atoms with E-state index in [0.717, 1.165) is 28.8 Å². The van der Waals surface area contributed by atoms with Gasteiger partial charge in [0, 0.05) is 17.9 Å². The van der Waals surface area contributed by atoms with Gasteiger partial charge in [0.2, 0.25) is 0 Å². The lowest BCUT2D eigenvalue weighted by Gasteiger charge is -2.34. The largest absolute Gasteiger partial charge is 0.484 e. The zero-order valence-corrected chi connectivity index (χ0v) is 21.0. The van der Waals surface area contributed by atoms with E-state index in [4.69, 9.17) is 25.9 Å². The van der Waals surface area contributed by atoms with E-state index in [2.05, 4.69) is 5.16 Å². The number of aliphatic hydroxyl groups is 2. The molecule has 188 valence electrons. The first-order valence-corrected chi connectivity index (χ1v) is 12.1. The third-order valence-electron chi connectivity index (χ3n) is 5.79. The SMILES string of the molecule is CCCC(=O)O/C=C1\CC(O)[C@@H](O)C(c2ccc(Cl)c(Cc3ccc(/C(CC)=N/OC)cc3)c2)O1. The summed E-state index contributed by atoms with van der Waals surface area (Å²) in [7, 11) is 1.53. The average Bonchev–Trinajstić information content (AvgIpc) is 2.85. The Labute approximate surface area is 211 Å². The normalized spacial score (nSPS) is 21.5. The maximum Gasteiger partial charge on any atom is 0.310 e. The van der Waals surface area contributed by atoms with Gasteiger partial charge >= 0.3 is 5.97 Å². The summed E-state index contributed by atoms with van der Waals surface area (Å²) in [5.41, 5.74) is 4.43. The van der Waals surface area contributed by atoms with Crippen LogP contribution in [0.15, 0.2) is 59.6 Å². The summed E-state index contributed by atoms with van der Waals surface area (Å²) in [6.45, 7) is 3.90. The molecule has 0 aliphatic carbocycles. The van der Waals surface area contributed by atoms with E-state index in [0.29, 0.717) is 35.6 Å². The van der Waals surface area contributed by atoms with Crippen molar-refractivity contribution in [2.24, 2.45) is 5.16 Å². The van der Waals surface area contributed by atoms with Crippen LogP contribution >= 0.6 is 11.6 Å². The topological polar surface area (TPSA) is 97.6 Å². The van der Waals surface area contributed by atoms with Gasteiger partial charge in [0.1, 0.15) is 25.2 Å². The average molecular weight is 502 g/mol. The molecule has 2 aromatic rings. The number of hydrogen-bond donors (Lipinski definition) is 2. The lowest BCUT2D eigenvalue weighted by Crippen LogP contribution is -2.38. The second-order valence-electron chi connectivity index (χ2n) is 8.42. The van der Waals surface area contributed by atoms with Gasteiger partial charge in [-0.05, 0) is 47.6 Å². The van der Waals surface area contributed by atoms with Gasteiger partial charge in [-0.25, -0.2) is 0 Å². The number of carbonyl (C=O) groups excluding carboxylic acids is 1. The lowest BCUT2D eigenvalue weighted by atomic mass is 9.93. The van der Waals surface area contributed by atoms with E-state index in [1.807, 2.05) is 44.2 Å². The number of aliphatic hydroxyl groups excluding tert-OH is 2. The number of esters is 1. The van der Waals surface area contributed by atoms with Crippen molar-refractivity contribution in [2.45, 2.75) is 64.3 Å². The standard InChI is InChI=1S/C27H32ClNO6/c1-4-6-25(31)34-16-21-15-24(30)26(32)27(35-21)19-11-12-22(28)20(14-19)13-17-7-9-18(10-8-17)23(5-2)29-33-3/h7-12,14,16,24,26-27,30,32H,4-6,13,15H2,1-3H3/b21-16+,29-23+/t24?,26-,27?/m1/s1. The van der Waals surface area contributed by atoms with Crippen molar-refractivity contribution in [3.63, 3.8) is 0 Å². The molecule has 1 fully saturated rings. The minimum atomic E-state index is -1.14. The molecular formula is C27H32ClNO6. The molecule has 35 heavy (non-hydrogen) atoms. The molecule has 2 unspecified atom stereocenters. The van der Waals surface area contributed by atoms with Crippen LogP contribution in [-0.2, 0) is 25.5 Å². The third-order valence-corrected chi connectivity index (χ3v) is 6.15. The number of benzene rings is 2. The molecule has 3 atom stereocenters. The Bertz CT molecular complexity index is 1070. The molecule has 0 saturated carbocycles. The van der Waals surface area contributed by atoms with Crippen molar-refractivity contribution in [3.05, 3.63) is 81.8 Å². The fourth-order valence-corrected chi connectivity index (χ4v) is 4.10. The van der Waals surface area contributed by atoms with Gasteiger partial charge in [-0.3, -0.25) is 4.79 Å². The van der Waals surface area contributed by atoms with Crippen LogP contribution in [0.3, 0.4) is 0 Å². The zero-order chi connectivity index (χ0) is 25.4. The number of rotatable bonds is 9. The minimum Gasteiger partial charge on any atom is -0.484 e. The van der Waals surface area contributed by atoms with E-state index in [-0.39, 0.29) is 12.4 Å². The summed E-state index contributed by atoms with van der Waals surface area (Å²) in [5.74, 6) is -0.0751. The number of halogens is 1. The summed E-state index contributed by atoms with van der Waals surface area (Å²) >= 11 is 6.48. The third kappa shape index (κ3) is 7.07. The second-order valence-corrected chi connectivity index (χ2v) is 8.83. The van der Waals surface area contributed by atoms with Crippen LogP contribution in [-0.4, -0.2) is 41.2 Å². The molecule has 1 saturated heterocycles. The highest BCUT2D eigenvalue weighted by atomic mass is 35.5. The molecule has 0 bridgehead atoms. The van der Waals surface area contributed by atoms with Crippen molar-refractivity contribution in [2.75, 3.05) is 7.11 Å². The summed E-state index contributed by atoms with van der Waals surface area (Å²) in [6.07, 6.45) is 0.528. The van der Waals surface area contributed by atoms with Crippen molar-refractivity contribution in [3.8, 4) is 0 Å². The van der Waals surface area contributed by atoms with Crippen LogP contribution in [0.4, 0.5) is 0 Å². The van der Waals surface area contributed by atoms with Crippen LogP contribution in [0.2, 0.25) is 5.02 Å². The van der Waals surface area contributed by atoms with Crippen LogP contribution in [0.25, 0.3) is 0 Å². The molecule has 1 heterocycles. The smallest absolute Gasteiger partial charge is 0.310 e. The number of oxime groups is 1. The molecule has 2 aromatic carbocycles. The maximum absolute atomic E-state index is 11.7. The van der Waals surface area contributed by atoms with E-state index < -0.39 is 18.3 Å². The van der Waals surface area contributed by atoms with Crippen LogP contribution in [0.5, 0.6) is 0 Å². The van der Waals surface area contributed by atoms with Gasteiger partial charge < -0.3 is 24.5 Å². The Kier molecular flexibility index (Phi) is 9.72. The van der Waals surface area contributed by atoms with Gasteiger partial charge in [0.25, 0.3) is 0 Å². The van der Waals surface area contributed by atoms with Crippen LogP contribution in [0, 0.1) is 0 Å². The van der Waals surface area contributed by atoms with E-state index in [1.165, 1.54) is 13.4 Å². The Hall–Kier alpha value is -2.87. The Balaban J connectivity index is 1.79. The summed E-state index contributed by atoms with van der Waals surface area (Å²) < 4.78 is 11.0. The first kappa shape index (κ1) is 26.7. The number of ether oxygens (including phenoxy) is 2. The molecule has 0 aromatic heterocycles. The number of hydrogen-bond acceptors (Lipinski definition) is 7. The molecule has 0 spiro atoms. The summed E-state index contributed by atoms with van der Waals surface area (Å²) in [4.78, 5) is 16.6. The van der Waals surface area contributed by atoms with Gasteiger partial charge in [-0.2, -0.15) is 0 Å². The molecule has 1 aliphatic heterocycles. The molecule has 2 N–H and O–H groups in total. The molecule has 3 rings (SSSR count). The molecule has 1 aliphatic rings. The number of carbonyl (C=O) groups is 1. The van der Waals surface area contributed by atoms with Gasteiger partial charge in [-0.15, -0.1) is 0 Å². The van der Waals surface area contributed by atoms with E-state index >= 15 is 0 Å². The second kappa shape index (κ2) is 12.7. The predicted molar refractivity (Wildman–Crippen MR) is 134 cm³/mol. The maximum atomic E-state index is 11.7. The quantitative estimate of drug-likeness (QED) is 0.216. The van der Waals surface area contributed by atoms with Crippen molar-refractivity contribution in [1.82, 2.24) is 0 Å². The Morgan fingerprint density at radius 3 is 2.60 bits per heavy atom. The van der Waals surface area contributed by atoms with Crippen molar-refractivity contribution < 1.29 is 29.3 Å². The molecule has 8 heteroatoms. The predicted octanol–water partition coefficient (Wildman–Crippen LogP) is 5.06. The molecular weight excluding hydrogens is 470 g/mol. The first-order valence-electron chi connectivity index (χ1n) is 11.7. The van der Waals surface area contributed by atoms with Crippen molar-refractivity contribution >= 4 is 23.3 Å². The van der Waals surface area contributed by atoms with Crippen LogP contribution < -0.4 is 0 Å². The van der Waals surface area contributed by atoms with Crippen LogP contribution in [0.1, 0.15) is 67.9 Å². The first-order chi connectivity index (χ1) is 16.9. The van der Waals surface area contributed by atoms with E-state index in [1.54, 1.807) is 12.1 Å². The Morgan fingerprint density at radius 2 is 1.94 bits per heavy atom. The highest BCUT2D eigenvalue weighted by Crippen LogP contribution is 2.35. The van der Waals surface area contributed by atoms with Gasteiger partial charge in [0.05, 0.1) is 11.8 Å². The van der Waals surface area contributed by atoms with E-state index in [9.17, 15) is 15.0 Å². The summed E-state index contributed by atoms with van der Waals surface area (Å²) in [5, 5.41) is 25.6. The highest BCUT2D eigenvalue weighted by molar-refractivity contribution is 6.31. The monoisotopic (exact) mass is 501 g/mol.